The predicted octanol–water partition coefficient (Wildman–Crippen LogP) is 3.80. The largest absolute Gasteiger partial charge is 0.480 e. The summed E-state index contributed by atoms with van der Waals surface area (Å²) in [6.07, 6.45) is 5.03. The van der Waals surface area contributed by atoms with Crippen molar-refractivity contribution in [3.8, 4) is 17.1 Å². The number of nitrogens with one attached hydrogen (secondary N) is 1. The monoisotopic (exact) mass is 439 g/mol. The molecule has 5 heterocycles. The van der Waals surface area contributed by atoms with Crippen molar-refractivity contribution in [3.05, 3.63) is 29.6 Å². The zero-order chi connectivity index (χ0) is 22.5. The van der Waals surface area contributed by atoms with Crippen LogP contribution in [0.2, 0.25) is 0 Å². The molecule has 32 heavy (non-hydrogen) atoms. The van der Waals surface area contributed by atoms with Gasteiger partial charge in [0.05, 0.1) is 12.6 Å². The van der Waals surface area contributed by atoms with Gasteiger partial charge in [0.2, 0.25) is 0 Å². The number of carbonyl (C=O) groups excluding carboxylic acids is 1. The van der Waals surface area contributed by atoms with Crippen molar-refractivity contribution in [2.24, 2.45) is 0 Å². The van der Waals surface area contributed by atoms with Crippen molar-refractivity contribution in [3.63, 3.8) is 0 Å². The number of ether oxygens (including phenoxy) is 2. The van der Waals surface area contributed by atoms with Crippen LogP contribution in [0.3, 0.4) is 0 Å². The van der Waals surface area contributed by atoms with Crippen LogP contribution in [0.25, 0.3) is 11.4 Å². The fraction of sp³-hybridized carbons (Fsp3) is 0.625. The first-order valence-electron chi connectivity index (χ1n) is 11.7. The lowest BCUT2D eigenvalue weighted by atomic mass is 9.80. The summed E-state index contributed by atoms with van der Waals surface area (Å²) < 4.78 is 14.1. The standard InChI is InChI=1S/C24H33N5O3/c1-5-31-22(30)28-13-9-24(10-14-28)19-16(2)29(17-8-12-26-23(3,4)15-17)27-21(19)20-18(32-24)7-6-11-25-20/h6-7,11,17,26H,5,8-10,12-15H2,1-4H3. The highest BCUT2D eigenvalue weighted by Gasteiger charge is 2.48. The second-order valence-electron chi connectivity index (χ2n) is 9.84. The molecule has 0 aromatic carbocycles. The third-order valence-electron chi connectivity index (χ3n) is 7.18. The topological polar surface area (TPSA) is 81.5 Å². The molecule has 1 atom stereocenters. The first kappa shape index (κ1) is 21.2. The molecule has 2 aromatic rings. The smallest absolute Gasteiger partial charge is 0.409 e. The highest BCUT2D eigenvalue weighted by molar-refractivity contribution is 5.71. The number of rotatable bonds is 2. The van der Waals surface area contributed by atoms with Gasteiger partial charge >= 0.3 is 6.09 Å². The molecule has 1 spiro atoms. The maximum absolute atomic E-state index is 12.3. The minimum atomic E-state index is -0.501. The summed E-state index contributed by atoms with van der Waals surface area (Å²) in [4.78, 5) is 18.7. The Hall–Kier alpha value is -2.61. The van der Waals surface area contributed by atoms with E-state index in [9.17, 15) is 4.79 Å². The van der Waals surface area contributed by atoms with E-state index in [2.05, 4.69) is 35.8 Å². The summed E-state index contributed by atoms with van der Waals surface area (Å²) in [6, 6.07) is 4.22. The Morgan fingerprint density at radius 2 is 2.09 bits per heavy atom. The van der Waals surface area contributed by atoms with Crippen LogP contribution >= 0.6 is 0 Å². The highest BCUT2D eigenvalue weighted by Crippen LogP contribution is 2.50. The van der Waals surface area contributed by atoms with E-state index >= 15 is 0 Å². The first-order chi connectivity index (χ1) is 15.3. The molecule has 8 heteroatoms. The molecule has 3 aliphatic rings. The van der Waals surface area contributed by atoms with Crippen LogP contribution in [-0.4, -0.2) is 57.5 Å². The molecule has 0 saturated carbocycles. The molecular weight excluding hydrogens is 406 g/mol. The first-order valence-corrected chi connectivity index (χ1v) is 11.7. The van der Waals surface area contributed by atoms with Gasteiger partial charge in [0.15, 0.2) is 0 Å². The van der Waals surface area contributed by atoms with Gasteiger partial charge < -0.3 is 19.7 Å². The number of fused-ring (bicyclic) bond motifs is 4. The van der Waals surface area contributed by atoms with Gasteiger partial charge in [0.1, 0.15) is 22.7 Å². The Morgan fingerprint density at radius 3 is 2.81 bits per heavy atom. The molecule has 2 fully saturated rings. The average molecular weight is 440 g/mol. The fourth-order valence-electron chi connectivity index (χ4n) is 5.66. The molecule has 2 aromatic heterocycles. The van der Waals surface area contributed by atoms with Crippen LogP contribution in [0, 0.1) is 6.92 Å². The number of amides is 1. The van der Waals surface area contributed by atoms with Crippen LogP contribution in [0.15, 0.2) is 18.3 Å². The molecular formula is C24H33N5O3. The molecule has 1 amide bonds. The van der Waals surface area contributed by atoms with Crippen LogP contribution < -0.4 is 10.1 Å². The van der Waals surface area contributed by atoms with Gasteiger partial charge in [-0.05, 0) is 59.2 Å². The Balaban J connectivity index is 1.54. The van der Waals surface area contributed by atoms with E-state index in [-0.39, 0.29) is 11.6 Å². The zero-order valence-electron chi connectivity index (χ0n) is 19.5. The molecule has 172 valence electrons. The van der Waals surface area contributed by atoms with Gasteiger partial charge in [-0.15, -0.1) is 0 Å². The zero-order valence-corrected chi connectivity index (χ0v) is 19.5. The lowest BCUT2D eigenvalue weighted by Gasteiger charge is -2.44. The Kier molecular flexibility index (Phi) is 5.15. The summed E-state index contributed by atoms with van der Waals surface area (Å²) >= 11 is 0. The Labute approximate surface area is 189 Å². The van der Waals surface area contributed by atoms with Crippen LogP contribution in [-0.2, 0) is 10.3 Å². The van der Waals surface area contributed by atoms with E-state index in [0.29, 0.717) is 38.6 Å². The van der Waals surface area contributed by atoms with E-state index in [0.717, 1.165) is 47.8 Å². The lowest BCUT2D eigenvalue weighted by Crippen LogP contribution is -2.49. The number of hydrogen-bond donors (Lipinski definition) is 1. The summed E-state index contributed by atoms with van der Waals surface area (Å²) in [5.41, 5.74) is 3.63. The predicted molar refractivity (Wildman–Crippen MR) is 121 cm³/mol. The molecule has 0 radical (unpaired) electrons. The maximum Gasteiger partial charge on any atom is 0.409 e. The van der Waals surface area contributed by atoms with E-state index in [4.69, 9.17) is 14.6 Å². The highest BCUT2D eigenvalue weighted by atomic mass is 16.6. The Morgan fingerprint density at radius 1 is 1.31 bits per heavy atom. The fourth-order valence-corrected chi connectivity index (χ4v) is 5.66. The van der Waals surface area contributed by atoms with Crippen LogP contribution in [0.4, 0.5) is 4.79 Å². The van der Waals surface area contributed by atoms with E-state index < -0.39 is 5.60 Å². The number of pyridine rings is 1. The molecule has 2 saturated heterocycles. The van der Waals surface area contributed by atoms with Gasteiger partial charge in [-0.3, -0.25) is 9.67 Å². The molecule has 3 aliphatic heterocycles. The van der Waals surface area contributed by atoms with Crippen molar-refractivity contribution >= 4 is 6.09 Å². The van der Waals surface area contributed by atoms with Crippen molar-refractivity contribution in [2.45, 2.75) is 70.6 Å². The number of likely N-dealkylation sites (tertiary alicyclic amines) is 1. The normalized spacial score (nSPS) is 23.2. The van der Waals surface area contributed by atoms with Crippen molar-refractivity contribution in [1.82, 2.24) is 25.0 Å². The van der Waals surface area contributed by atoms with Crippen molar-refractivity contribution < 1.29 is 14.3 Å². The molecule has 5 rings (SSSR count). The van der Waals surface area contributed by atoms with Gasteiger partial charge in [-0.1, -0.05) is 0 Å². The molecule has 0 bridgehead atoms. The molecule has 1 unspecified atom stereocenters. The molecule has 0 aliphatic carbocycles. The molecule has 1 N–H and O–H groups in total. The van der Waals surface area contributed by atoms with Gasteiger partial charge in [0.25, 0.3) is 0 Å². The van der Waals surface area contributed by atoms with Crippen LogP contribution in [0.1, 0.15) is 63.8 Å². The van der Waals surface area contributed by atoms with Crippen molar-refractivity contribution in [1.29, 1.82) is 0 Å². The number of carbonyl (C=O) groups is 1. The van der Waals surface area contributed by atoms with Gasteiger partial charge in [-0.2, -0.15) is 5.10 Å². The van der Waals surface area contributed by atoms with E-state index in [1.165, 1.54) is 0 Å². The van der Waals surface area contributed by atoms with E-state index in [1.54, 1.807) is 11.1 Å². The average Bonchev–Trinajstić information content (AvgIpc) is 3.12. The lowest BCUT2D eigenvalue weighted by molar-refractivity contribution is -0.00579. The Bertz CT molecular complexity index is 1020. The number of hydrogen-bond acceptors (Lipinski definition) is 6. The maximum atomic E-state index is 12.3. The van der Waals surface area contributed by atoms with Crippen LogP contribution in [0.5, 0.6) is 5.75 Å². The summed E-state index contributed by atoms with van der Waals surface area (Å²) in [6.45, 7) is 11.1. The van der Waals surface area contributed by atoms with Gasteiger partial charge in [-0.25, -0.2) is 4.79 Å². The quantitative estimate of drug-likeness (QED) is 0.767. The van der Waals surface area contributed by atoms with E-state index in [1.807, 2.05) is 19.1 Å². The summed E-state index contributed by atoms with van der Waals surface area (Å²) in [5.74, 6) is 0.778. The number of nitrogens with zero attached hydrogens (tertiary/aromatic N) is 4. The van der Waals surface area contributed by atoms with Crippen molar-refractivity contribution in [2.75, 3.05) is 26.2 Å². The second kappa shape index (κ2) is 7.76. The second-order valence-corrected chi connectivity index (χ2v) is 9.84. The third kappa shape index (κ3) is 3.45. The SMILES string of the molecule is CCOC(=O)N1CCC2(CC1)Oc1cccnc1-c1nn(C3CCNC(C)(C)C3)c(C)c12. The minimum Gasteiger partial charge on any atom is -0.480 e. The molecule has 8 nitrogen and oxygen atoms in total. The third-order valence-corrected chi connectivity index (χ3v) is 7.18. The summed E-state index contributed by atoms with van der Waals surface area (Å²) in [5, 5.41) is 8.77. The summed E-state index contributed by atoms with van der Waals surface area (Å²) in [7, 11) is 0. The minimum absolute atomic E-state index is 0.0805. The number of piperidine rings is 2. The van der Waals surface area contributed by atoms with Gasteiger partial charge in [0, 0.05) is 48.9 Å². The number of aromatic nitrogens is 3.